The van der Waals surface area contributed by atoms with E-state index in [1.54, 1.807) is 0 Å². The van der Waals surface area contributed by atoms with E-state index >= 15 is 0 Å². The molecule has 0 radical (unpaired) electrons. The molecule has 1 aromatic heterocycles. The van der Waals surface area contributed by atoms with Crippen molar-refractivity contribution < 1.29 is 0 Å². The summed E-state index contributed by atoms with van der Waals surface area (Å²) < 4.78 is 0. The molecule has 0 unspecified atom stereocenters. The first-order chi connectivity index (χ1) is 9.43. The fraction of sp³-hybridized carbons (Fsp3) is 0. The van der Waals surface area contributed by atoms with Crippen LogP contribution in [0.15, 0.2) is 72.9 Å². The average Bonchev–Trinajstić information content (AvgIpc) is 3.00. The van der Waals surface area contributed by atoms with Gasteiger partial charge in [0.1, 0.15) is 0 Å². The number of nitrogens with one attached hydrogen (secondary N) is 1. The van der Waals surface area contributed by atoms with Crippen LogP contribution in [0.4, 0.5) is 0 Å². The molecule has 0 aliphatic heterocycles. The Hall–Kier alpha value is -2.54. The lowest BCUT2D eigenvalue weighted by Gasteiger charge is -2.08. The topological polar surface area (TPSA) is 15.8 Å². The van der Waals surface area contributed by atoms with Gasteiger partial charge < -0.3 is 4.98 Å². The molecule has 0 spiro atoms. The number of H-pyrrole nitrogens is 1. The predicted octanol–water partition coefficient (Wildman–Crippen LogP) is 4.99. The first kappa shape index (κ1) is 10.4. The number of aromatic amines is 1. The van der Waals surface area contributed by atoms with E-state index in [0.29, 0.717) is 0 Å². The molecular formula is C18H13N. The highest BCUT2D eigenvalue weighted by molar-refractivity contribution is 6.11. The number of fused-ring (bicyclic) bond motifs is 3. The van der Waals surface area contributed by atoms with Gasteiger partial charge in [-0.15, -0.1) is 0 Å². The number of rotatable bonds is 1. The minimum absolute atomic E-state index is 1.17. The van der Waals surface area contributed by atoms with E-state index in [-0.39, 0.29) is 0 Å². The maximum absolute atomic E-state index is 3.29. The van der Waals surface area contributed by atoms with Gasteiger partial charge in [-0.25, -0.2) is 0 Å². The van der Waals surface area contributed by atoms with Crippen LogP contribution in [0.25, 0.3) is 32.8 Å². The van der Waals surface area contributed by atoms with Gasteiger partial charge in [0.2, 0.25) is 0 Å². The smallest absolute Gasteiger partial charge is 0.0460 e. The van der Waals surface area contributed by atoms with Crippen molar-refractivity contribution in [2.24, 2.45) is 0 Å². The normalized spacial score (nSPS) is 11.2. The van der Waals surface area contributed by atoms with E-state index in [4.69, 9.17) is 0 Å². The Morgan fingerprint density at radius 2 is 1.47 bits per heavy atom. The first-order valence-electron chi connectivity index (χ1n) is 6.48. The Labute approximate surface area is 111 Å². The molecule has 0 aliphatic rings. The Bertz CT molecular complexity index is 857. The summed E-state index contributed by atoms with van der Waals surface area (Å²) in [6.07, 6.45) is 1.97. The number of benzene rings is 3. The maximum Gasteiger partial charge on any atom is 0.0460 e. The van der Waals surface area contributed by atoms with Gasteiger partial charge in [-0.3, -0.25) is 0 Å². The van der Waals surface area contributed by atoms with Crippen molar-refractivity contribution in [3.05, 3.63) is 72.9 Å². The summed E-state index contributed by atoms with van der Waals surface area (Å²) in [7, 11) is 0. The molecule has 1 nitrogen and oxygen atoms in total. The zero-order chi connectivity index (χ0) is 12.7. The molecule has 0 bridgehead atoms. The van der Waals surface area contributed by atoms with Crippen LogP contribution in [0, 0.1) is 0 Å². The Morgan fingerprint density at radius 1 is 0.579 bits per heavy atom. The first-order valence-corrected chi connectivity index (χ1v) is 6.48. The summed E-state index contributed by atoms with van der Waals surface area (Å²) in [6, 6.07) is 23.6. The standard InChI is InChI=1S/C18H13N/c1-2-6-14-13(5-1)10-11-16-15(14)7-3-8-17(16)18-9-4-12-19-18/h1-12,19H. The molecule has 4 rings (SSSR count). The van der Waals surface area contributed by atoms with Crippen molar-refractivity contribution in [3.8, 4) is 11.3 Å². The zero-order valence-corrected chi connectivity index (χ0v) is 10.4. The van der Waals surface area contributed by atoms with Gasteiger partial charge in [-0.1, -0.05) is 54.6 Å². The fourth-order valence-corrected chi connectivity index (χ4v) is 2.77. The molecule has 0 aliphatic carbocycles. The van der Waals surface area contributed by atoms with Gasteiger partial charge >= 0.3 is 0 Å². The highest BCUT2D eigenvalue weighted by Gasteiger charge is 2.06. The van der Waals surface area contributed by atoms with Crippen LogP contribution in [-0.4, -0.2) is 4.98 Å². The summed E-state index contributed by atoms with van der Waals surface area (Å²) in [4.78, 5) is 3.29. The van der Waals surface area contributed by atoms with Crippen molar-refractivity contribution in [3.63, 3.8) is 0 Å². The Balaban J connectivity index is 2.15. The molecule has 3 aromatic carbocycles. The van der Waals surface area contributed by atoms with Crippen LogP contribution in [-0.2, 0) is 0 Å². The minimum atomic E-state index is 1.17. The molecule has 0 saturated heterocycles. The van der Waals surface area contributed by atoms with Crippen LogP contribution in [0.3, 0.4) is 0 Å². The second-order valence-corrected chi connectivity index (χ2v) is 4.77. The zero-order valence-electron chi connectivity index (χ0n) is 10.4. The van der Waals surface area contributed by atoms with E-state index in [2.05, 4.69) is 65.6 Å². The monoisotopic (exact) mass is 243 g/mol. The Morgan fingerprint density at radius 3 is 2.37 bits per heavy atom. The van der Waals surface area contributed by atoms with Crippen LogP contribution >= 0.6 is 0 Å². The van der Waals surface area contributed by atoms with Crippen LogP contribution in [0.2, 0.25) is 0 Å². The van der Waals surface area contributed by atoms with E-state index in [0.717, 1.165) is 0 Å². The molecule has 1 heterocycles. The van der Waals surface area contributed by atoms with E-state index in [9.17, 15) is 0 Å². The van der Waals surface area contributed by atoms with Gasteiger partial charge in [0.15, 0.2) is 0 Å². The van der Waals surface area contributed by atoms with Crippen LogP contribution in [0.5, 0.6) is 0 Å². The van der Waals surface area contributed by atoms with Gasteiger partial charge in [0.25, 0.3) is 0 Å². The maximum atomic E-state index is 3.29. The summed E-state index contributed by atoms with van der Waals surface area (Å²) in [5.74, 6) is 0. The minimum Gasteiger partial charge on any atom is -0.361 e. The molecule has 0 amide bonds. The molecule has 0 atom stereocenters. The number of aromatic nitrogens is 1. The van der Waals surface area contributed by atoms with Gasteiger partial charge in [0, 0.05) is 17.5 Å². The molecular weight excluding hydrogens is 230 g/mol. The highest BCUT2D eigenvalue weighted by Crippen LogP contribution is 2.32. The van der Waals surface area contributed by atoms with E-state index in [1.807, 2.05) is 12.3 Å². The molecule has 1 heteroatoms. The lowest BCUT2D eigenvalue weighted by atomic mass is 9.97. The third-order valence-electron chi connectivity index (χ3n) is 3.67. The molecule has 0 fully saturated rings. The number of hydrogen-bond donors (Lipinski definition) is 1. The predicted molar refractivity (Wildman–Crippen MR) is 81.2 cm³/mol. The van der Waals surface area contributed by atoms with Crippen molar-refractivity contribution in [1.29, 1.82) is 0 Å². The lowest BCUT2D eigenvalue weighted by molar-refractivity contribution is 1.41. The van der Waals surface area contributed by atoms with Gasteiger partial charge in [-0.2, -0.15) is 0 Å². The summed E-state index contributed by atoms with van der Waals surface area (Å²) in [5.41, 5.74) is 2.43. The summed E-state index contributed by atoms with van der Waals surface area (Å²) in [6.45, 7) is 0. The molecule has 0 saturated carbocycles. The highest BCUT2D eigenvalue weighted by atomic mass is 14.7. The largest absolute Gasteiger partial charge is 0.361 e. The second-order valence-electron chi connectivity index (χ2n) is 4.77. The van der Waals surface area contributed by atoms with Crippen molar-refractivity contribution in [2.45, 2.75) is 0 Å². The second kappa shape index (κ2) is 3.99. The molecule has 90 valence electrons. The molecule has 1 N–H and O–H groups in total. The summed E-state index contributed by atoms with van der Waals surface area (Å²) in [5, 5.41) is 5.21. The van der Waals surface area contributed by atoms with Crippen molar-refractivity contribution >= 4 is 21.5 Å². The fourth-order valence-electron chi connectivity index (χ4n) is 2.77. The van der Waals surface area contributed by atoms with Crippen molar-refractivity contribution in [1.82, 2.24) is 4.98 Å². The van der Waals surface area contributed by atoms with Crippen molar-refractivity contribution in [2.75, 3.05) is 0 Å². The third-order valence-corrected chi connectivity index (χ3v) is 3.67. The van der Waals surface area contributed by atoms with Gasteiger partial charge in [0.05, 0.1) is 0 Å². The molecule has 4 aromatic rings. The lowest BCUT2D eigenvalue weighted by Crippen LogP contribution is -1.82. The van der Waals surface area contributed by atoms with Crippen LogP contribution < -0.4 is 0 Å². The Kier molecular flexibility index (Phi) is 2.18. The average molecular weight is 243 g/mol. The van der Waals surface area contributed by atoms with Gasteiger partial charge in [-0.05, 0) is 33.7 Å². The SMILES string of the molecule is c1c[nH]c(-c2cccc3c2ccc2ccccc23)c1. The quantitative estimate of drug-likeness (QED) is 0.453. The van der Waals surface area contributed by atoms with E-state index in [1.165, 1.54) is 32.8 Å². The summed E-state index contributed by atoms with van der Waals surface area (Å²) >= 11 is 0. The van der Waals surface area contributed by atoms with Crippen LogP contribution in [0.1, 0.15) is 0 Å². The third kappa shape index (κ3) is 1.55. The number of hydrogen-bond acceptors (Lipinski definition) is 0. The van der Waals surface area contributed by atoms with E-state index < -0.39 is 0 Å². The molecule has 19 heavy (non-hydrogen) atoms.